The molecule has 5 nitrogen and oxygen atoms in total. The SMILES string of the molecule is [C-]#[N+]C1C[C@]2(C)c3nc(C4CC4)nc(OC)c3CC[C@H]2[C@H](C)C1=O. The summed E-state index contributed by atoms with van der Waals surface area (Å²) < 4.78 is 5.58. The van der Waals surface area contributed by atoms with Gasteiger partial charge in [0.2, 0.25) is 11.7 Å². The average molecular weight is 325 g/mol. The minimum atomic E-state index is -0.544. The number of aromatic nitrogens is 2. The van der Waals surface area contributed by atoms with Crippen molar-refractivity contribution in [2.24, 2.45) is 11.8 Å². The van der Waals surface area contributed by atoms with E-state index < -0.39 is 6.04 Å². The fraction of sp³-hybridized carbons (Fsp3) is 0.684. The second-order valence-corrected chi connectivity index (χ2v) is 7.80. The summed E-state index contributed by atoms with van der Waals surface area (Å²) in [6, 6.07) is -0.544. The van der Waals surface area contributed by atoms with Gasteiger partial charge in [0.15, 0.2) is 0 Å². The normalized spacial score (nSPS) is 34.9. The number of nitrogens with zero attached hydrogens (tertiary/aromatic N) is 3. The fourth-order valence-electron chi connectivity index (χ4n) is 4.83. The first-order valence-electron chi connectivity index (χ1n) is 8.85. The van der Waals surface area contributed by atoms with Crippen LogP contribution in [-0.2, 0) is 16.6 Å². The summed E-state index contributed by atoms with van der Waals surface area (Å²) in [7, 11) is 1.67. The molecule has 1 aromatic heterocycles. The molecule has 126 valence electrons. The molecular weight excluding hydrogens is 302 g/mol. The molecule has 4 rings (SSSR count). The van der Waals surface area contributed by atoms with Crippen LogP contribution in [0.15, 0.2) is 0 Å². The molecule has 0 aromatic carbocycles. The van der Waals surface area contributed by atoms with Gasteiger partial charge in [-0.2, -0.15) is 4.98 Å². The molecule has 0 amide bonds. The highest BCUT2D eigenvalue weighted by molar-refractivity contribution is 5.89. The van der Waals surface area contributed by atoms with E-state index in [1.165, 1.54) is 0 Å². The maximum absolute atomic E-state index is 12.5. The monoisotopic (exact) mass is 325 g/mol. The number of fused-ring (bicyclic) bond motifs is 3. The first-order valence-corrected chi connectivity index (χ1v) is 8.85. The predicted octanol–water partition coefficient (Wildman–Crippen LogP) is 3.08. The third-order valence-electron chi connectivity index (χ3n) is 6.34. The Hall–Kier alpha value is -1.96. The highest BCUT2D eigenvalue weighted by Gasteiger charge is 2.55. The smallest absolute Gasteiger partial charge is 0.282 e. The molecule has 5 heteroatoms. The summed E-state index contributed by atoms with van der Waals surface area (Å²) in [6.45, 7) is 11.6. The van der Waals surface area contributed by atoms with Gasteiger partial charge in [0.1, 0.15) is 5.82 Å². The number of hydrogen-bond donors (Lipinski definition) is 0. The van der Waals surface area contributed by atoms with Crippen LogP contribution in [-0.4, -0.2) is 28.9 Å². The Bertz CT molecular complexity index is 750. The van der Waals surface area contributed by atoms with Gasteiger partial charge >= 0.3 is 0 Å². The molecule has 1 heterocycles. The van der Waals surface area contributed by atoms with Crippen molar-refractivity contribution in [3.63, 3.8) is 0 Å². The molecule has 1 aromatic rings. The topological polar surface area (TPSA) is 56.4 Å². The molecule has 3 aliphatic rings. The van der Waals surface area contributed by atoms with E-state index in [0.717, 1.165) is 42.8 Å². The number of carbonyl (C=O) groups is 1. The Morgan fingerprint density at radius 2 is 2.04 bits per heavy atom. The molecule has 0 radical (unpaired) electrons. The maximum Gasteiger partial charge on any atom is 0.282 e. The molecule has 0 saturated heterocycles. The summed E-state index contributed by atoms with van der Waals surface area (Å²) in [6.07, 6.45) is 4.64. The van der Waals surface area contributed by atoms with Crippen molar-refractivity contribution < 1.29 is 9.53 Å². The molecule has 2 fully saturated rings. The second kappa shape index (κ2) is 5.27. The summed E-state index contributed by atoms with van der Waals surface area (Å²) in [5, 5.41) is 0. The lowest BCUT2D eigenvalue weighted by atomic mass is 9.55. The summed E-state index contributed by atoms with van der Waals surface area (Å²) in [5.74, 6) is 2.32. The minimum absolute atomic E-state index is 0.0821. The summed E-state index contributed by atoms with van der Waals surface area (Å²) in [4.78, 5) is 25.7. The number of hydrogen-bond acceptors (Lipinski definition) is 4. The molecule has 4 atom stereocenters. The van der Waals surface area contributed by atoms with E-state index in [4.69, 9.17) is 16.3 Å². The molecule has 2 saturated carbocycles. The van der Waals surface area contributed by atoms with Crippen LogP contribution in [0.2, 0.25) is 0 Å². The van der Waals surface area contributed by atoms with Crippen LogP contribution < -0.4 is 4.74 Å². The standard InChI is InChI=1S/C19H23N3O2/c1-10-13-8-7-12-16(19(13,2)9-14(20-3)15(10)23)21-17(11-5-6-11)22-18(12)24-4/h10-11,13-14H,5-9H2,1-2,4H3/t10-,13-,14?,19-/m0/s1. The molecule has 24 heavy (non-hydrogen) atoms. The van der Waals surface area contributed by atoms with E-state index in [1.807, 2.05) is 6.92 Å². The lowest BCUT2D eigenvalue weighted by Crippen LogP contribution is -2.52. The summed E-state index contributed by atoms with van der Waals surface area (Å²) >= 11 is 0. The van der Waals surface area contributed by atoms with E-state index >= 15 is 0 Å². The van der Waals surface area contributed by atoms with Gasteiger partial charge in [-0.3, -0.25) is 4.79 Å². The van der Waals surface area contributed by atoms with Crippen molar-refractivity contribution in [2.75, 3.05) is 7.11 Å². The Morgan fingerprint density at radius 1 is 1.29 bits per heavy atom. The van der Waals surface area contributed by atoms with Crippen molar-refractivity contribution in [2.45, 2.75) is 63.3 Å². The van der Waals surface area contributed by atoms with Crippen LogP contribution in [0, 0.1) is 18.4 Å². The van der Waals surface area contributed by atoms with Gasteiger partial charge in [0, 0.05) is 29.2 Å². The quantitative estimate of drug-likeness (QED) is 0.784. The number of ether oxygens (including phenoxy) is 1. The third-order valence-corrected chi connectivity index (χ3v) is 6.34. The molecule has 3 aliphatic carbocycles. The lowest BCUT2D eigenvalue weighted by Gasteiger charge is -2.47. The van der Waals surface area contributed by atoms with Crippen LogP contribution in [0.1, 0.15) is 62.5 Å². The number of ketones is 1. The average Bonchev–Trinajstić information content (AvgIpc) is 3.42. The maximum atomic E-state index is 12.5. The first-order chi connectivity index (χ1) is 11.5. The number of carbonyl (C=O) groups excluding carboxylic acids is 1. The van der Waals surface area contributed by atoms with Gasteiger partial charge in [-0.15, -0.1) is 0 Å². The number of methoxy groups -OCH3 is 1. The zero-order chi connectivity index (χ0) is 17.1. The molecule has 0 aliphatic heterocycles. The van der Waals surface area contributed by atoms with E-state index in [1.54, 1.807) is 7.11 Å². The third kappa shape index (κ3) is 2.08. The van der Waals surface area contributed by atoms with Crippen molar-refractivity contribution in [1.29, 1.82) is 0 Å². The Labute approximate surface area is 142 Å². The predicted molar refractivity (Wildman–Crippen MR) is 88.9 cm³/mol. The van der Waals surface area contributed by atoms with Crippen LogP contribution >= 0.6 is 0 Å². The van der Waals surface area contributed by atoms with Crippen LogP contribution in [0.25, 0.3) is 4.85 Å². The Balaban J connectivity index is 1.87. The highest BCUT2D eigenvalue weighted by Crippen LogP contribution is 2.53. The van der Waals surface area contributed by atoms with Crippen molar-refractivity contribution >= 4 is 5.78 Å². The fourth-order valence-corrected chi connectivity index (χ4v) is 4.83. The lowest BCUT2D eigenvalue weighted by molar-refractivity contribution is -0.129. The molecule has 1 unspecified atom stereocenters. The Morgan fingerprint density at radius 3 is 2.67 bits per heavy atom. The van der Waals surface area contributed by atoms with Crippen LogP contribution in [0.5, 0.6) is 5.88 Å². The highest BCUT2D eigenvalue weighted by atomic mass is 16.5. The van der Waals surface area contributed by atoms with Gasteiger partial charge in [0.05, 0.1) is 12.8 Å². The van der Waals surface area contributed by atoms with Crippen molar-refractivity contribution in [3.8, 4) is 5.88 Å². The minimum Gasteiger partial charge on any atom is -0.481 e. The van der Waals surface area contributed by atoms with E-state index in [2.05, 4.69) is 16.8 Å². The molecular formula is C19H23N3O2. The first kappa shape index (κ1) is 15.6. The van der Waals surface area contributed by atoms with Gasteiger partial charge in [-0.1, -0.05) is 13.8 Å². The summed E-state index contributed by atoms with van der Waals surface area (Å²) in [5.41, 5.74) is 1.89. The van der Waals surface area contributed by atoms with E-state index in [-0.39, 0.29) is 23.0 Å². The molecule has 0 spiro atoms. The van der Waals surface area contributed by atoms with Gasteiger partial charge in [0.25, 0.3) is 6.04 Å². The van der Waals surface area contributed by atoms with Crippen LogP contribution in [0.3, 0.4) is 0 Å². The van der Waals surface area contributed by atoms with Crippen molar-refractivity contribution in [1.82, 2.24) is 9.97 Å². The second-order valence-electron chi connectivity index (χ2n) is 7.80. The molecule has 0 N–H and O–H groups in total. The van der Waals surface area contributed by atoms with E-state index in [9.17, 15) is 4.79 Å². The largest absolute Gasteiger partial charge is 0.481 e. The zero-order valence-corrected chi connectivity index (χ0v) is 14.5. The van der Waals surface area contributed by atoms with E-state index in [0.29, 0.717) is 18.2 Å². The van der Waals surface area contributed by atoms with Crippen LogP contribution in [0.4, 0.5) is 0 Å². The zero-order valence-electron chi connectivity index (χ0n) is 14.5. The van der Waals surface area contributed by atoms with Crippen molar-refractivity contribution in [3.05, 3.63) is 28.5 Å². The van der Waals surface area contributed by atoms with Gasteiger partial charge in [-0.05, 0) is 31.6 Å². The van der Waals surface area contributed by atoms with Gasteiger partial charge < -0.3 is 9.58 Å². The molecule has 0 bridgehead atoms. The Kier molecular flexibility index (Phi) is 3.42. The number of rotatable bonds is 2. The number of Topliss-reactive ketones (excluding diaryl/α,β-unsaturated/α-hetero) is 1. The van der Waals surface area contributed by atoms with Gasteiger partial charge in [-0.25, -0.2) is 11.6 Å².